The Morgan fingerprint density at radius 2 is 2.00 bits per heavy atom. The number of fused-ring (bicyclic) bond motifs is 1. The van der Waals surface area contributed by atoms with Crippen LogP contribution in [0.4, 0.5) is 5.69 Å². The minimum atomic E-state index is 0.357. The van der Waals surface area contributed by atoms with Crippen molar-refractivity contribution in [3.63, 3.8) is 0 Å². The molecule has 0 saturated heterocycles. The highest BCUT2D eigenvalue weighted by atomic mass is 32.1. The molecule has 0 spiro atoms. The van der Waals surface area contributed by atoms with Gasteiger partial charge in [-0.15, -0.1) is 0 Å². The SMILES string of the molecule is NC(=S)c1ccncc1NCc1cccc2cccnc12. The maximum atomic E-state index is 5.73. The van der Waals surface area contributed by atoms with Gasteiger partial charge in [-0.05, 0) is 17.7 Å². The van der Waals surface area contributed by atoms with Crippen LogP contribution in [0.15, 0.2) is 55.0 Å². The smallest absolute Gasteiger partial charge is 0.106 e. The van der Waals surface area contributed by atoms with Crippen molar-refractivity contribution in [2.45, 2.75) is 6.54 Å². The number of thiocarbonyl (C=S) groups is 1. The third-order valence-electron chi connectivity index (χ3n) is 3.27. The summed E-state index contributed by atoms with van der Waals surface area (Å²) in [6.07, 6.45) is 5.21. The summed E-state index contributed by atoms with van der Waals surface area (Å²) < 4.78 is 0. The zero-order chi connectivity index (χ0) is 14.7. The minimum absolute atomic E-state index is 0.357. The average molecular weight is 294 g/mol. The van der Waals surface area contributed by atoms with E-state index in [0.29, 0.717) is 11.5 Å². The van der Waals surface area contributed by atoms with E-state index in [1.807, 2.05) is 18.2 Å². The Bertz CT molecular complexity index is 796. The van der Waals surface area contributed by atoms with E-state index in [-0.39, 0.29) is 0 Å². The molecule has 2 aromatic heterocycles. The average Bonchev–Trinajstić information content (AvgIpc) is 2.53. The van der Waals surface area contributed by atoms with Crippen LogP contribution in [0.3, 0.4) is 0 Å². The van der Waals surface area contributed by atoms with Gasteiger partial charge in [0.2, 0.25) is 0 Å². The van der Waals surface area contributed by atoms with Crippen molar-refractivity contribution in [3.05, 3.63) is 66.1 Å². The fourth-order valence-corrected chi connectivity index (χ4v) is 2.43. The van der Waals surface area contributed by atoms with Gasteiger partial charge in [-0.1, -0.05) is 36.5 Å². The Labute approximate surface area is 128 Å². The number of benzene rings is 1. The van der Waals surface area contributed by atoms with E-state index in [9.17, 15) is 0 Å². The highest BCUT2D eigenvalue weighted by Crippen LogP contribution is 2.19. The molecule has 3 N–H and O–H groups in total. The van der Waals surface area contributed by atoms with Crippen LogP contribution < -0.4 is 11.1 Å². The van der Waals surface area contributed by atoms with Crippen molar-refractivity contribution in [2.24, 2.45) is 5.73 Å². The van der Waals surface area contributed by atoms with Gasteiger partial charge < -0.3 is 11.1 Å². The molecule has 0 fully saturated rings. The lowest BCUT2D eigenvalue weighted by molar-refractivity contribution is 1.14. The predicted molar refractivity (Wildman–Crippen MR) is 89.2 cm³/mol. The van der Waals surface area contributed by atoms with Gasteiger partial charge in [0.15, 0.2) is 0 Å². The summed E-state index contributed by atoms with van der Waals surface area (Å²) in [6, 6.07) is 11.9. The zero-order valence-electron chi connectivity index (χ0n) is 11.3. The first-order valence-electron chi connectivity index (χ1n) is 6.56. The van der Waals surface area contributed by atoms with E-state index in [1.165, 1.54) is 0 Å². The van der Waals surface area contributed by atoms with Crippen molar-refractivity contribution in [1.82, 2.24) is 9.97 Å². The molecule has 0 saturated carbocycles. The molecule has 0 aliphatic heterocycles. The normalized spacial score (nSPS) is 10.5. The van der Waals surface area contributed by atoms with Crippen LogP contribution in [0.1, 0.15) is 11.1 Å². The number of hydrogen-bond acceptors (Lipinski definition) is 4. The number of nitrogens with two attached hydrogens (primary N) is 1. The standard InChI is InChI=1S/C16H14N4S/c17-16(21)13-6-8-18-10-14(13)20-9-12-4-1-3-11-5-2-7-19-15(11)12/h1-8,10,20H,9H2,(H2,17,21). The number of rotatable bonds is 4. The van der Waals surface area contributed by atoms with Gasteiger partial charge in [-0.2, -0.15) is 0 Å². The molecule has 21 heavy (non-hydrogen) atoms. The number of para-hydroxylation sites is 1. The van der Waals surface area contributed by atoms with Gasteiger partial charge in [-0.25, -0.2) is 0 Å². The summed E-state index contributed by atoms with van der Waals surface area (Å²) in [5, 5.41) is 4.46. The molecule has 104 valence electrons. The van der Waals surface area contributed by atoms with E-state index in [0.717, 1.165) is 27.7 Å². The van der Waals surface area contributed by atoms with Crippen molar-refractivity contribution < 1.29 is 0 Å². The summed E-state index contributed by atoms with van der Waals surface area (Å²) in [5.74, 6) is 0. The van der Waals surface area contributed by atoms with Crippen LogP contribution in [0.5, 0.6) is 0 Å². The van der Waals surface area contributed by atoms with E-state index < -0.39 is 0 Å². The molecule has 0 unspecified atom stereocenters. The van der Waals surface area contributed by atoms with Crippen LogP contribution in [-0.4, -0.2) is 15.0 Å². The first-order chi connectivity index (χ1) is 10.3. The van der Waals surface area contributed by atoms with Crippen LogP contribution in [0.25, 0.3) is 10.9 Å². The second-order valence-electron chi connectivity index (χ2n) is 4.63. The predicted octanol–water partition coefficient (Wildman–Crippen LogP) is 2.88. The summed E-state index contributed by atoms with van der Waals surface area (Å²) in [7, 11) is 0. The van der Waals surface area contributed by atoms with Gasteiger partial charge in [-0.3, -0.25) is 9.97 Å². The number of nitrogens with one attached hydrogen (secondary N) is 1. The Kier molecular flexibility index (Phi) is 3.75. The first-order valence-corrected chi connectivity index (χ1v) is 6.97. The van der Waals surface area contributed by atoms with Gasteiger partial charge >= 0.3 is 0 Å². The number of anilines is 1. The molecule has 5 heteroatoms. The largest absolute Gasteiger partial charge is 0.389 e. The van der Waals surface area contributed by atoms with Crippen molar-refractivity contribution in [2.75, 3.05) is 5.32 Å². The van der Waals surface area contributed by atoms with Crippen LogP contribution in [-0.2, 0) is 6.54 Å². The van der Waals surface area contributed by atoms with Crippen molar-refractivity contribution in [1.29, 1.82) is 0 Å². The van der Waals surface area contributed by atoms with Crippen LogP contribution in [0, 0.1) is 0 Å². The molecule has 4 nitrogen and oxygen atoms in total. The molecule has 0 aliphatic rings. The molecule has 3 rings (SSSR count). The first kappa shape index (κ1) is 13.5. The molecular formula is C16H14N4S. The summed E-state index contributed by atoms with van der Waals surface area (Å²) in [4.78, 5) is 8.91. The molecular weight excluding hydrogens is 280 g/mol. The fraction of sp³-hybridized carbons (Fsp3) is 0.0625. The van der Waals surface area contributed by atoms with Gasteiger partial charge in [0.05, 0.1) is 17.4 Å². The molecule has 0 aliphatic carbocycles. The second kappa shape index (κ2) is 5.85. The summed E-state index contributed by atoms with van der Waals surface area (Å²) in [5.41, 5.74) is 9.47. The van der Waals surface area contributed by atoms with Gasteiger partial charge in [0.1, 0.15) is 4.99 Å². The lowest BCUT2D eigenvalue weighted by Crippen LogP contribution is -2.13. The second-order valence-corrected chi connectivity index (χ2v) is 5.07. The number of hydrogen-bond donors (Lipinski definition) is 2. The maximum absolute atomic E-state index is 5.73. The van der Waals surface area contributed by atoms with Gasteiger partial charge in [0.25, 0.3) is 0 Å². The number of pyridine rings is 2. The maximum Gasteiger partial charge on any atom is 0.106 e. The van der Waals surface area contributed by atoms with Crippen LogP contribution >= 0.6 is 12.2 Å². The molecule has 2 heterocycles. The quantitative estimate of drug-likeness (QED) is 0.724. The Hall–Kier alpha value is -2.53. The molecule has 0 amide bonds. The van der Waals surface area contributed by atoms with E-state index in [1.54, 1.807) is 18.6 Å². The Morgan fingerprint density at radius 3 is 2.86 bits per heavy atom. The third-order valence-corrected chi connectivity index (χ3v) is 3.49. The fourth-order valence-electron chi connectivity index (χ4n) is 2.25. The zero-order valence-corrected chi connectivity index (χ0v) is 12.1. The lowest BCUT2D eigenvalue weighted by Gasteiger charge is -2.11. The summed E-state index contributed by atoms with van der Waals surface area (Å²) >= 11 is 5.06. The molecule has 1 aromatic carbocycles. The van der Waals surface area contributed by atoms with Crippen molar-refractivity contribution in [3.8, 4) is 0 Å². The lowest BCUT2D eigenvalue weighted by atomic mass is 10.1. The molecule has 0 radical (unpaired) electrons. The number of aromatic nitrogens is 2. The number of nitrogens with zero attached hydrogens (tertiary/aromatic N) is 2. The Morgan fingerprint density at radius 1 is 1.14 bits per heavy atom. The molecule has 3 aromatic rings. The third kappa shape index (κ3) is 2.83. The van der Waals surface area contributed by atoms with Crippen LogP contribution in [0.2, 0.25) is 0 Å². The van der Waals surface area contributed by atoms with E-state index >= 15 is 0 Å². The van der Waals surface area contributed by atoms with E-state index in [2.05, 4.69) is 33.5 Å². The molecule has 0 bridgehead atoms. The van der Waals surface area contributed by atoms with Gasteiger partial charge in [0, 0.05) is 29.9 Å². The minimum Gasteiger partial charge on any atom is -0.389 e. The molecule has 0 atom stereocenters. The Balaban J connectivity index is 1.89. The highest BCUT2D eigenvalue weighted by molar-refractivity contribution is 7.80. The van der Waals surface area contributed by atoms with E-state index in [4.69, 9.17) is 18.0 Å². The topological polar surface area (TPSA) is 63.8 Å². The monoisotopic (exact) mass is 294 g/mol. The van der Waals surface area contributed by atoms with Crippen molar-refractivity contribution >= 4 is 33.8 Å². The summed E-state index contributed by atoms with van der Waals surface area (Å²) in [6.45, 7) is 0.635. The highest BCUT2D eigenvalue weighted by Gasteiger charge is 2.06.